The predicted molar refractivity (Wildman–Crippen MR) is 103 cm³/mol. The van der Waals surface area contributed by atoms with Gasteiger partial charge in [0.2, 0.25) is 0 Å². The highest BCUT2D eigenvalue weighted by molar-refractivity contribution is 5.74. The Kier molecular flexibility index (Phi) is 6.12. The zero-order valence-corrected chi connectivity index (χ0v) is 16.6. The summed E-state index contributed by atoms with van der Waals surface area (Å²) in [7, 11) is 0. The Hall–Kier alpha value is -1.69. The molecule has 1 aromatic heterocycles. The lowest BCUT2D eigenvalue weighted by atomic mass is 9.79. The maximum absolute atomic E-state index is 12.7. The van der Waals surface area contributed by atoms with Gasteiger partial charge < -0.3 is 9.80 Å². The summed E-state index contributed by atoms with van der Waals surface area (Å²) in [4.78, 5) is 28.2. The molecular weight excluding hydrogens is 326 g/mol. The van der Waals surface area contributed by atoms with Crippen LogP contribution in [-0.2, 0) is 13.0 Å². The van der Waals surface area contributed by atoms with Crippen LogP contribution in [0.3, 0.4) is 0 Å². The molecule has 0 aliphatic carbocycles. The van der Waals surface area contributed by atoms with Gasteiger partial charge in [0.1, 0.15) is 5.82 Å². The average molecular weight is 360 g/mol. The summed E-state index contributed by atoms with van der Waals surface area (Å²) in [5.41, 5.74) is 1.38. The molecule has 3 heterocycles. The van der Waals surface area contributed by atoms with Gasteiger partial charge in [0.25, 0.3) is 0 Å². The van der Waals surface area contributed by atoms with Crippen molar-refractivity contribution < 1.29 is 4.79 Å². The summed E-state index contributed by atoms with van der Waals surface area (Å²) in [6, 6.07) is 2.25. The minimum atomic E-state index is 0.215. The monoisotopic (exact) mass is 359 g/mol. The minimum absolute atomic E-state index is 0.215. The maximum atomic E-state index is 12.7. The first-order valence-corrected chi connectivity index (χ1v) is 10.2. The van der Waals surface area contributed by atoms with Crippen molar-refractivity contribution in [1.29, 1.82) is 0 Å². The van der Waals surface area contributed by atoms with Crippen LogP contribution in [0.5, 0.6) is 0 Å². The van der Waals surface area contributed by atoms with E-state index in [4.69, 9.17) is 0 Å². The number of carbonyl (C=O) groups excluding carboxylic acids is 1. The Bertz CT molecular complexity index is 618. The topological polar surface area (TPSA) is 52.6 Å². The lowest BCUT2D eigenvalue weighted by Crippen LogP contribution is -2.47. The third-order valence-electron chi connectivity index (χ3n) is 5.95. The van der Waals surface area contributed by atoms with E-state index in [2.05, 4.69) is 40.5 Å². The highest BCUT2D eigenvalue weighted by Gasteiger charge is 2.43. The van der Waals surface area contributed by atoms with Crippen LogP contribution in [0.1, 0.15) is 51.6 Å². The molecule has 1 spiro atoms. The Morgan fingerprint density at radius 3 is 2.73 bits per heavy atom. The van der Waals surface area contributed by atoms with Crippen LogP contribution < -0.4 is 0 Å². The molecule has 26 heavy (non-hydrogen) atoms. The van der Waals surface area contributed by atoms with Crippen molar-refractivity contribution >= 4 is 6.03 Å². The minimum Gasteiger partial charge on any atom is -0.325 e. The van der Waals surface area contributed by atoms with E-state index in [-0.39, 0.29) is 11.4 Å². The summed E-state index contributed by atoms with van der Waals surface area (Å²) in [6.07, 6.45) is 6.32. The van der Waals surface area contributed by atoms with Crippen molar-refractivity contribution in [3.8, 4) is 0 Å². The van der Waals surface area contributed by atoms with E-state index in [1.807, 2.05) is 17.2 Å². The van der Waals surface area contributed by atoms with E-state index in [1.165, 1.54) is 12.8 Å². The van der Waals surface area contributed by atoms with Crippen LogP contribution in [0.15, 0.2) is 12.3 Å². The van der Waals surface area contributed by atoms with Crippen LogP contribution >= 0.6 is 0 Å². The number of likely N-dealkylation sites (tertiary alicyclic amines) is 2. The summed E-state index contributed by atoms with van der Waals surface area (Å²) >= 11 is 0. The highest BCUT2D eigenvalue weighted by Crippen LogP contribution is 2.39. The van der Waals surface area contributed by atoms with Crippen LogP contribution in [0.4, 0.5) is 4.79 Å². The third kappa shape index (κ3) is 4.17. The zero-order chi connectivity index (χ0) is 18.6. The molecule has 0 saturated carbocycles. The summed E-state index contributed by atoms with van der Waals surface area (Å²) < 4.78 is 0. The lowest BCUT2D eigenvalue weighted by molar-refractivity contribution is 0.0860. The molecule has 2 aliphatic rings. The largest absolute Gasteiger partial charge is 0.325 e. The summed E-state index contributed by atoms with van der Waals surface area (Å²) in [5.74, 6) is 0.922. The molecule has 1 aromatic rings. The fourth-order valence-corrected chi connectivity index (χ4v) is 4.50. The van der Waals surface area contributed by atoms with Crippen LogP contribution in [0, 0.1) is 5.41 Å². The van der Waals surface area contributed by atoms with Crippen molar-refractivity contribution in [1.82, 2.24) is 24.7 Å². The van der Waals surface area contributed by atoms with Gasteiger partial charge in [0, 0.05) is 57.3 Å². The van der Waals surface area contributed by atoms with Gasteiger partial charge in [-0.2, -0.15) is 0 Å². The van der Waals surface area contributed by atoms with Crippen molar-refractivity contribution in [2.75, 3.05) is 39.3 Å². The van der Waals surface area contributed by atoms with Crippen molar-refractivity contribution in [2.24, 2.45) is 5.41 Å². The third-order valence-corrected chi connectivity index (χ3v) is 5.95. The standard InChI is InChI=1S/C20H33N5O/c1-4-18-21-11-8-17(22-18)14-23-12-7-9-20(15-23)10-13-25(16-20)19(26)24(5-2)6-3/h8,11H,4-7,9-10,12-16H2,1-3H3. The number of urea groups is 1. The molecule has 2 fully saturated rings. The Balaban J connectivity index is 1.62. The highest BCUT2D eigenvalue weighted by atomic mass is 16.2. The first kappa shape index (κ1) is 19.1. The van der Waals surface area contributed by atoms with Gasteiger partial charge in [-0.1, -0.05) is 6.92 Å². The van der Waals surface area contributed by atoms with Crippen molar-refractivity contribution in [2.45, 2.75) is 53.0 Å². The molecule has 0 radical (unpaired) electrons. The van der Waals surface area contributed by atoms with E-state index in [0.717, 1.165) is 70.2 Å². The predicted octanol–water partition coefficient (Wildman–Crippen LogP) is 2.79. The van der Waals surface area contributed by atoms with Gasteiger partial charge in [-0.05, 0) is 45.7 Å². The van der Waals surface area contributed by atoms with Crippen molar-refractivity contribution in [3.05, 3.63) is 23.8 Å². The molecule has 1 unspecified atom stereocenters. The first-order chi connectivity index (χ1) is 12.6. The number of aryl methyl sites for hydroxylation is 1. The zero-order valence-electron chi connectivity index (χ0n) is 16.6. The number of hydrogen-bond donors (Lipinski definition) is 0. The number of piperidine rings is 1. The van der Waals surface area contributed by atoms with Gasteiger partial charge >= 0.3 is 6.03 Å². The SMILES string of the molecule is CCc1nccc(CN2CCCC3(CCN(C(=O)N(CC)CC)C3)C2)n1. The molecule has 0 aromatic carbocycles. The van der Waals surface area contributed by atoms with Gasteiger partial charge in [-0.25, -0.2) is 14.8 Å². The van der Waals surface area contributed by atoms with Gasteiger partial charge in [-0.3, -0.25) is 4.90 Å². The van der Waals surface area contributed by atoms with Gasteiger partial charge in [-0.15, -0.1) is 0 Å². The number of amides is 2. The average Bonchev–Trinajstić information content (AvgIpc) is 3.06. The fraction of sp³-hybridized carbons (Fsp3) is 0.750. The molecule has 0 bridgehead atoms. The van der Waals surface area contributed by atoms with E-state index in [0.29, 0.717) is 0 Å². The second-order valence-corrected chi connectivity index (χ2v) is 7.76. The van der Waals surface area contributed by atoms with Gasteiger partial charge in [0.05, 0.1) is 5.69 Å². The molecule has 2 aliphatic heterocycles. The quantitative estimate of drug-likeness (QED) is 0.811. The molecule has 144 valence electrons. The molecule has 3 rings (SSSR count). The van der Waals surface area contributed by atoms with E-state index in [1.54, 1.807) is 0 Å². The number of hydrogen-bond acceptors (Lipinski definition) is 4. The number of nitrogens with zero attached hydrogens (tertiary/aromatic N) is 5. The first-order valence-electron chi connectivity index (χ1n) is 10.2. The van der Waals surface area contributed by atoms with Crippen LogP contribution in [-0.4, -0.2) is 70.0 Å². The Labute approximate surface area is 157 Å². The Morgan fingerprint density at radius 1 is 1.19 bits per heavy atom. The molecule has 6 nitrogen and oxygen atoms in total. The molecule has 2 amide bonds. The van der Waals surface area contributed by atoms with E-state index in [9.17, 15) is 4.79 Å². The van der Waals surface area contributed by atoms with Crippen molar-refractivity contribution in [3.63, 3.8) is 0 Å². The van der Waals surface area contributed by atoms with Crippen LogP contribution in [0.2, 0.25) is 0 Å². The number of rotatable bonds is 5. The molecular formula is C20H33N5O. The molecule has 2 saturated heterocycles. The van der Waals surface area contributed by atoms with E-state index >= 15 is 0 Å². The Morgan fingerprint density at radius 2 is 2.00 bits per heavy atom. The van der Waals surface area contributed by atoms with E-state index < -0.39 is 0 Å². The molecule has 1 atom stereocenters. The lowest BCUT2D eigenvalue weighted by Gasteiger charge is -2.40. The smallest absolute Gasteiger partial charge is 0.319 e. The van der Waals surface area contributed by atoms with Crippen LogP contribution in [0.25, 0.3) is 0 Å². The summed E-state index contributed by atoms with van der Waals surface area (Å²) in [6.45, 7) is 12.7. The molecule has 6 heteroatoms. The summed E-state index contributed by atoms with van der Waals surface area (Å²) in [5, 5.41) is 0. The second kappa shape index (κ2) is 8.33. The molecule has 0 N–H and O–H groups in total. The maximum Gasteiger partial charge on any atom is 0.319 e. The number of carbonyl (C=O) groups is 1. The normalized spacial score (nSPS) is 23.6. The number of aromatic nitrogens is 2. The second-order valence-electron chi connectivity index (χ2n) is 7.76. The van der Waals surface area contributed by atoms with Gasteiger partial charge in [0.15, 0.2) is 0 Å². The fourth-order valence-electron chi connectivity index (χ4n) is 4.50.